The number of aromatic nitrogens is 1. The van der Waals surface area contributed by atoms with Crippen LogP contribution in [0.25, 0.3) is 0 Å². The summed E-state index contributed by atoms with van der Waals surface area (Å²) in [5.74, 6) is -2.09. The number of halogens is 1. The number of fused-ring (bicyclic) bond motifs is 1. The molecule has 6 nitrogen and oxygen atoms in total. The third-order valence-electron chi connectivity index (χ3n) is 5.41. The van der Waals surface area contributed by atoms with E-state index in [4.69, 9.17) is 0 Å². The van der Waals surface area contributed by atoms with Crippen LogP contribution in [0.5, 0.6) is 0 Å². The van der Waals surface area contributed by atoms with Crippen molar-refractivity contribution in [2.45, 2.75) is 19.0 Å². The summed E-state index contributed by atoms with van der Waals surface area (Å²) in [7, 11) is 0. The first-order valence-electron chi connectivity index (χ1n) is 10.2. The van der Waals surface area contributed by atoms with Crippen molar-refractivity contribution in [3.05, 3.63) is 95.6 Å². The van der Waals surface area contributed by atoms with Crippen LogP contribution in [-0.4, -0.2) is 34.8 Å². The zero-order valence-electron chi connectivity index (χ0n) is 16.9. The maximum Gasteiger partial charge on any atom is 0.313 e. The van der Waals surface area contributed by atoms with Gasteiger partial charge < -0.3 is 10.6 Å². The first-order valence-corrected chi connectivity index (χ1v) is 10.2. The molecule has 31 heavy (non-hydrogen) atoms. The van der Waals surface area contributed by atoms with Crippen LogP contribution >= 0.6 is 0 Å². The molecule has 2 aromatic carbocycles. The largest absolute Gasteiger partial charge is 0.346 e. The van der Waals surface area contributed by atoms with Gasteiger partial charge >= 0.3 is 11.8 Å². The van der Waals surface area contributed by atoms with Crippen molar-refractivity contribution in [1.82, 2.24) is 15.2 Å². The second-order valence-corrected chi connectivity index (χ2v) is 7.47. The Kier molecular flexibility index (Phi) is 6.33. The molecule has 0 saturated carbocycles. The van der Waals surface area contributed by atoms with Crippen molar-refractivity contribution in [2.24, 2.45) is 0 Å². The smallest absolute Gasteiger partial charge is 0.313 e. The van der Waals surface area contributed by atoms with Crippen LogP contribution in [0, 0.1) is 5.82 Å². The molecule has 0 radical (unpaired) electrons. The fourth-order valence-electron chi connectivity index (χ4n) is 3.84. The molecule has 1 aliphatic heterocycles. The molecule has 0 bridgehead atoms. The second-order valence-electron chi connectivity index (χ2n) is 7.47. The summed E-state index contributed by atoms with van der Waals surface area (Å²) in [5.41, 5.74) is 3.80. The van der Waals surface area contributed by atoms with E-state index < -0.39 is 17.6 Å². The Balaban J connectivity index is 1.44. The van der Waals surface area contributed by atoms with Gasteiger partial charge in [0.2, 0.25) is 0 Å². The van der Waals surface area contributed by atoms with Gasteiger partial charge in [0.05, 0.1) is 6.04 Å². The third kappa shape index (κ3) is 5.13. The molecule has 158 valence electrons. The number of nitrogens with one attached hydrogen (secondary N) is 2. The number of hydrogen-bond donors (Lipinski definition) is 2. The Morgan fingerprint density at radius 2 is 1.87 bits per heavy atom. The number of hydrogen-bond acceptors (Lipinski definition) is 4. The molecular formula is C24H23FN4O2. The van der Waals surface area contributed by atoms with Gasteiger partial charge in [0.25, 0.3) is 0 Å². The van der Waals surface area contributed by atoms with Crippen LogP contribution in [0.15, 0.2) is 73.1 Å². The number of benzene rings is 2. The quantitative estimate of drug-likeness (QED) is 0.625. The van der Waals surface area contributed by atoms with Gasteiger partial charge in [-0.3, -0.25) is 19.5 Å². The fraction of sp³-hybridized carbons (Fsp3) is 0.208. The van der Waals surface area contributed by atoms with Crippen LogP contribution in [0.1, 0.15) is 22.7 Å². The summed E-state index contributed by atoms with van der Waals surface area (Å²) in [6, 6.07) is 17.5. The fourth-order valence-corrected chi connectivity index (χ4v) is 3.84. The van der Waals surface area contributed by atoms with Crippen LogP contribution in [0.4, 0.5) is 10.1 Å². The summed E-state index contributed by atoms with van der Waals surface area (Å²) < 4.78 is 13.3. The molecule has 0 fully saturated rings. The molecule has 1 atom stereocenters. The highest BCUT2D eigenvalue weighted by molar-refractivity contribution is 6.39. The molecule has 2 amide bonds. The van der Waals surface area contributed by atoms with Crippen molar-refractivity contribution >= 4 is 17.5 Å². The van der Waals surface area contributed by atoms with Gasteiger partial charge in [0.15, 0.2) is 0 Å². The van der Waals surface area contributed by atoms with Gasteiger partial charge in [0, 0.05) is 37.7 Å². The zero-order chi connectivity index (χ0) is 21.6. The third-order valence-corrected chi connectivity index (χ3v) is 5.41. The van der Waals surface area contributed by atoms with E-state index in [0.29, 0.717) is 0 Å². The topological polar surface area (TPSA) is 74.3 Å². The van der Waals surface area contributed by atoms with Crippen molar-refractivity contribution < 1.29 is 14.0 Å². The Bertz CT molecular complexity index is 1070. The molecule has 0 saturated heterocycles. The molecule has 1 unspecified atom stereocenters. The van der Waals surface area contributed by atoms with E-state index in [0.717, 1.165) is 31.1 Å². The minimum Gasteiger partial charge on any atom is -0.346 e. The molecule has 1 aromatic heterocycles. The maximum absolute atomic E-state index is 13.3. The lowest BCUT2D eigenvalue weighted by Gasteiger charge is -2.35. The minimum absolute atomic E-state index is 0.132. The highest BCUT2D eigenvalue weighted by Crippen LogP contribution is 2.27. The average molecular weight is 418 g/mol. The second kappa shape index (κ2) is 9.49. The summed E-state index contributed by atoms with van der Waals surface area (Å²) in [6.07, 6.45) is 4.40. The standard InChI is InChI=1S/C24H23FN4O2/c25-20-8-3-9-21(13-20)28-24(31)23(30)27-15-22(18-7-4-11-26-14-18)29-12-10-17-5-1-2-6-19(17)16-29/h1-9,11,13-14,22H,10,12,15-16H2,(H,27,30)(H,28,31). The number of nitrogens with zero attached hydrogens (tertiary/aromatic N) is 2. The Labute approximate surface area is 180 Å². The van der Waals surface area contributed by atoms with Gasteiger partial charge in [-0.05, 0) is 47.4 Å². The zero-order valence-corrected chi connectivity index (χ0v) is 16.9. The monoisotopic (exact) mass is 418 g/mol. The Hall–Kier alpha value is -3.58. The highest BCUT2D eigenvalue weighted by Gasteiger charge is 2.26. The molecule has 7 heteroatoms. The van der Waals surface area contributed by atoms with Gasteiger partial charge in [-0.25, -0.2) is 4.39 Å². The molecule has 0 spiro atoms. The van der Waals surface area contributed by atoms with Crippen molar-refractivity contribution in [2.75, 3.05) is 18.4 Å². The highest BCUT2D eigenvalue weighted by atomic mass is 19.1. The van der Waals surface area contributed by atoms with E-state index in [1.54, 1.807) is 12.4 Å². The van der Waals surface area contributed by atoms with E-state index >= 15 is 0 Å². The van der Waals surface area contributed by atoms with Gasteiger partial charge in [0.1, 0.15) is 5.82 Å². The SMILES string of the molecule is O=C(NCC(c1cccnc1)N1CCc2ccccc2C1)C(=O)Nc1cccc(F)c1. The minimum atomic E-state index is -0.834. The summed E-state index contributed by atoms with van der Waals surface area (Å²) in [4.78, 5) is 31.1. The maximum atomic E-state index is 13.3. The molecular weight excluding hydrogens is 395 g/mol. The van der Waals surface area contributed by atoms with Gasteiger partial charge in [-0.2, -0.15) is 0 Å². The number of anilines is 1. The van der Waals surface area contributed by atoms with Crippen LogP contribution in [0.3, 0.4) is 0 Å². The van der Waals surface area contributed by atoms with E-state index in [1.807, 2.05) is 24.3 Å². The van der Waals surface area contributed by atoms with E-state index in [9.17, 15) is 14.0 Å². The van der Waals surface area contributed by atoms with Crippen LogP contribution < -0.4 is 10.6 Å². The molecule has 2 heterocycles. The summed E-state index contributed by atoms with van der Waals surface area (Å²) >= 11 is 0. The average Bonchev–Trinajstić information content (AvgIpc) is 2.79. The van der Waals surface area contributed by atoms with Crippen molar-refractivity contribution in [3.63, 3.8) is 0 Å². The molecule has 3 aromatic rings. The van der Waals surface area contributed by atoms with Gasteiger partial charge in [-0.15, -0.1) is 0 Å². The van der Waals surface area contributed by atoms with Crippen molar-refractivity contribution in [3.8, 4) is 0 Å². The lowest BCUT2D eigenvalue weighted by Crippen LogP contribution is -2.43. The number of rotatable bonds is 5. The lowest BCUT2D eigenvalue weighted by atomic mass is 9.97. The number of carbonyl (C=O) groups is 2. The predicted molar refractivity (Wildman–Crippen MR) is 116 cm³/mol. The number of pyridine rings is 1. The molecule has 2 N–H and O–H groups in total. The van der Waals surface area contributed by atoms with Gasteiger partial charge in [-0.1, -0.05) is 36.4 Å². The van der Waals surface area contributed by atoms with E-state index in [-0.39, 0.29) is 18.3 Å². The number of amides is 2. The first kappa shape index (κ1) is 20.7. The lowest BCUT2D eigenvalue weighted by molar-refractivity contribution is -0.136. The number of carbonyl (C=O) groups excluding carboxylic acids is 2. The molecule has 1 aliphatic rings. The summed E-state index contributed by atoms with van der Waals surface area (Å²) in [6.45, 7) is 1.84. The predicted octanol–water partition coefficient (Wildman–Crippen LogP) is 3.08. The molecule has 0 aliphatic carbocycles. The Morgan fingerprint density at radius 1 is 1.03 bits per heavy atom. The normalized spacial score (nSPS) is 14.4. The Morgan fingerprint density at radius 3 is 2.65 bits per heavy atom. The molecule has 4 rings (SSSR count). The van der Waals surface area contributed by atoms with Crippen molar-refractivity contribution in [1.29, 1.82) is 0 Å². The van der Waals surface area contributed by atoms with E-state index in [1.165, 1.54) is 29.3 Å². The van der Waals surface area contributed by atoms with Crippen LogP contribution in [-0.2, 0) is 22.6 Å². The van der Waals surface area contributed by atoms with Crippen LogP contribution in [0.2, 0.25) is 0 Å². The summed E-state index contributed by atoms with van der Waals surface area (Å²) in [5, 5.41) is 5.14. The van der Waals surface area contributed by atoms with E-state index in [2.05, 4.69) is 32.7 Å². The first-order chi connectivity index (χ1) is 15.1.